The Kier molecular flexibility index (Phi) is 13.5. The molecule has 0 amide bonds. The molecule has 0 N–H and O–H groups in total. The minimum atomic E-state index is -4.87. The highest BCUT2D eigenvalue weighted by molar-refractivity contribution is 7.97. The molecule has 0 saturated heterocycles. The summed E-state index contributed by atoms with van der Waals surface area (Å²) in [5.74, 6) is -15.5. The normalized spacial score (nSPS) is 11.0. The standard InChI is InChI=1S/C24H23O2S.C10H7F5O6S/c1-17(2)24(25)26-23-18(3)15-22(16-19(23)4)27(20-11-7-5-8-12-20)21-13-9-6-10-14-21;11-5-6(12)8(14)10(9(15)7(5)13)21-2-1-20-4(16)3-22(17,18)19/h5-16H,1H2,2-4H3;1-3H2,(H,17,18,19)/q+1;/p-1. The summed E-state index contributed by atoms with van der Waals surface area (Å²) in [6, 6.07) is 25.2. The van der Waals surface area contributed by atoms with E-state index in [1.807, 2.05) is 26.0 Å². The summed E-state index contributed by atoms with van der Waals surface area (Å²) in [7, 11) is -5.09. The van der Waals surface area contributed by atoms with Crippen molar-refractivity contribution in [2.45, 2.75) is 35.5 Å². The van der Waals surface area contributed by atoms with Crippen molar-refractivity contribution >= 4 is 33.0 Å². The molecule has 0 spiro atoms. The molecule has 0 fully saturated rings. The van der Waals surface area contributed by atoms with E-state index in [9.17, 15) is 44.5 Å². The molecule has 4 aromatic rings. The first-order chi connectivity index (χ1) is 23.0. The fourth-order valence-corrected chi connectivity index (χ4v) is 6.72. The van der Waals surface area contributed by atoms with E-state index in [-0.39, 0.29) is 16.9 Å². The number of hydrogen-bond donors (Lipinski definition) is 0. The van der Waals surface area contributed by atoms with Crippen molar-refractivity contribution < 1.29 is 58.7 Å². The van der Waals surface area contributed by atoms with E-state index in [4.69, 9.17) is 4.74 Å². The molecule has 0 aliphatic heterocycles. The molecule has 0 aromatic heterocycles. The van der Waals surface area contributed by atoms with E-state index in [0.29, 0.717) is 11.3 Å². The van der Waals surface area contributed by atoms with Crippen LogP contribution in [0.2, 0.25) is 0 Å². The summed E-state index contributed by atoms with van der Waals surface area (Å²) in [4.78, 5) is 26.5. The lowest BCUT2D eigenvalue weighted by molar-refractivity contribution is -0.141. The lowest BCUT2D eigenvalue weighted by Gasteiger charge is -2.13. The Bertz CT molecular complexity index is 1850. The molecule has 0 saturated carbocycles. The topological polar surface area (TPSA) is 119 Å². The molecule has 0 aliphatic carbocycles. The molecule has 4 aromatic carbocycles. The second-order valence-corrected chi connectivity index (χ2v) is 13.6. The molecular formula is C34H29F5O8S2. The lowest BCUT2D eigenvalue weighted by atomic mass is 10.1. The van der Waals surface area contributed by atoms with Crippen molar-refractivity contribution in [3.05, 3.63) is 125 Å². The maximum Gasteiger partial charge on any atom is 0.338 e. The summed E-state index contributed by atoms with van der Waals surface area (Å²) in [5.41, 5.74) is 2.29. The van der Waals surface area contributed by atoms with Gasteiger partial charge >= 0.3 is 11.9 Å². The van der Waals surface area contributed by atoms with Crippen LogP contribution in [0.1, 0.15) is 18.1 Å². The van der Waals surface area contributed by atoms with Gasteiger partial charge in [0.2, 0.25) is 29.1 Å². The molecule has 4 rings (SSSR count). The summed E-state index contributed by atoms with van der Waals surface area (Å²) in [6.07, 6.45) is 0. The SMILES string of the molecule is C=C(C)C(=O)Oc1c(C)cc([S+](c2ccccc2)c2ccccc2)cc1C.O=C(CS(=O)(=O)[O-])OCCOc1c(F)c(F)c(F)c(F)c1F. The van der Waals surface area contributed by atoms with Crippen LogP contribution in [-0.4, -0.2) is 43.9 Å². The van der Waals surface area contributed by atoms with Gasteiger partial charge in [-0.15, -0.1) is 0 Å². The number of carbonyl (C=O) groups excluding carboxylic acids is 2. The van der Waals surface area contributed by atoms with E-state index in [1.54, 1.807) is 6.92 Å². The third-order valence-electron chi connectivity index (χ3n) is 6.23. The van der Waals surface area contributed by atoms with Gasteiger partial charge in [0, 0.05) is 17.7 Å². The van der Waals surface area contributed by atoms with Crippen molar-refractivity contribution in [3.63, 3.8) is 0 Å². The molecule has 0 bridgehead atoms. The van der Waals surface area contributed by atoms with Crippen LogP contribution in [0, 0.1) is 42.9 Å². The van der Waals surface area contributed by atoms with Crippen LogP contribution in [0.3, 0.4) is 0 Å². The highest BCUT2D eigenvalue weighted by Gasteiger charge is 2.30. The van der Waals surface area contributed by atoms with Crippen LogP contribution in [0.25, 0.3) is 0 Å². The number of halogens is 5. The van der Waals surface area contributed by atoms with Gasteiger partial charge in [0.15, 0.2) is 20.4 Å². The minimum Gasteiger partial charge on any atom is -0.748 e. The minimum absolute atomic E-state index is 0.223. The quantitative estimate of drug-likeness (QED) is 0.0192. The molecule has 0 radical (unpaired) electrons. The van der Waals surface area contributed by atoms with Crippen LogP contribution in [0.5, 0.6) is 11.5 Å². The van der Waals surface area contributed by atoms with Crippen molar-refractivity contribution in [2.75, 3.05) is 19.0 Å². The van der Waals surface area contributed by atoms with Crippen LogP contribution in [0.4, 0.5) is 22.0 Å². The Morgan fingerprint density at radius 2 is 1.18 bits per heavy atom. The molecule has 0 unspecified atom stereocenters. The van der Waals surface area contributed by atoms with Gasteiger partial charge in [0.25, 0.3) is 0 Å². The molecule has 0 atom stereocenters. The zero-order valence-corrected chi connectivity index (χ0v) is 27.9. The third kappa shape index (κ3) is 10.6. The Labute approximate surface area is 282 Å². The van der Waals surface area contributed by atoms with E-state index >= 15 is 0 Å². The van der Waals surface area contributed by atoms with Gasteiger partial charge in [-0.3, -0.25) is 4.79 Å². The van der Waals surface area contributed by atoms with Gasteiger partial charge in [-0.25, -0.2) is 26.4 Å². The molecule has 8 nitrogen and oxygen atoms in total. The highest BCUT2D eigenvalue weighted by atomic mass is 32.2. The lowest BCUT2D eigenvalue weighted by Crippen LogP contribution is -2.21. The molecule has 49 heavy (non-hydrogen) atoms. The zero-order valence-electron chi connectivity index (χ0n) is 26.2. The van der Waals surface area contributed by atoms with Crippen LogP contribution in [0.15, 0.2) is 99.6 Å². The van der Waals surface area contributed by atoms with E-state index in [1.165, 1.54) is 14.7 Å². The van der Waals surface area contributed by atoms with E-state index in [2.05, 4.69) is 76.7 Å². The Morgan fingerprint density at radius 1 is 0.735 bits per heavy atom. The Balaban J connectivity index is 0.000000272. The maximum absolute atomic E-state index is 13.1. The van der Waals surface area contributed by atoms with E-state index < -0.39 is 69.9 Å². The third-order valence-corrected chi connectivity index (χ3v) is 9.01. The fourth-order valence-electron chi connectivity index (χ4n) is 4.09. The second-order valence-electron chi connectivity index (χ2n) is 10.2. The number of esters is 2. The summed E-state index contributed by atoms with van der Waals surface area (Å²) < 4.78 is 109. The first-order valence-electron chi connectivity index (χ1n) is 14.1. The van der Waals surface area contributed by atoms with Gasteiger partial charge in [0.05, 0.1) is 10.9 Å². The van der Waals surface area contributed by atoms with Crippen molar-refractivity contribution in [3.8, 4) is 11.5 Å². The maximum atomic E-state index is 13.1. The predicted molar refractivity (Wildman–Crippen MR) is 169 cm³/mol. The van der Waals surface area contributed by atoms with E-state index in [0.717, 1.165) is 11.1 Å². The first-order valence-corrected chi connectivity index (χ1v) is 16.9. The van der Waals surface area contributed by atoms with Crippen molar-refractivity contribution in [1.29, 1.82) is 0 Å². The number of rotatable bonds is 11. The molecular weight excluding hydrogens is 695 g/mol. The Hall–Kier alpha value is -4.73. The van der Waals surface area contributed by atoms with Crippen LogP contribution in [-0.2, 0) is 35.3 Å². The fraction of sp³-hybridized carbons (Fsp3) is 0.176. The zero-order chi connectivity index (χ0) is 36.5. The smallest absolute Gasteiger partial charge is 0.338 e. The van der Waals surface area contributed by atoms with Crippen LogP contribution >= 0.6 is 0 Å². The second kappa shape index (κ2) is 17.1. The Morgan fingerprint density at radius 3 is 1.61 bits per heavy atom. The number of benzene rings is 4. The van der Waals surface area contributed by atoms with Gasteiger partial charge < -0.3 is 18.8 Å². The summed E-state index contributed by atoms with van der Waals surface area (Å²) in [6.45, 7) is 7.65. The average molecular weight is 725 g/mol. The largest absolute Gasteiger partial charge is 0.748 e. The van der Waals surface area contributed by atoms with Crippen LogP contribution < -0.4 is 9.47 Å². The van der Waals surface area contributed by atoms with Gasteiger partial charge in [-0.2, -0.15) is 8.78 Å². The van der Waals surface area contributed by atoms with Gasteiger partial charge in [0.1, 0.15) is 34.8 Å². The molecule has 260 valence electrons. The number of hydrogen-bond acceptors (Lipinski definition) is 8. The average Bonchev–Trinajstić information content (AvgIpc) is 3.04. The van der Waals surface area contributed by atoms with Crippen molar-refractivity contribution in [1.82, 2.24) is 0 Å². The number of carbonyl (C=O) groups is 2. The molecule has 0 heterocycles. The van der Waals surface area contributed by atoms with Crippen molar-refractivity contribution in [2.24, 2.45) is 0 Å². The predicted octanol–water partition coefficient (Wildman–Crippen LogP) is 6.73. The van der Waals surface area contributed by atoms with Gasteiger partial charge in [-0.1, -0.05) is 43.0 Å². The molecule has 15 heteroatoms. The van der Waals surface area contributed by atoms with Gasteiger partial charge in [-0.05, 0) is 56.2 Å². The number of aryl methyl sites for hydroxylation is 2. The highest BCUT2D eigenvalue weighted by Crippen LogP contribution is 2.35. The summed E-state index contributed by atoms with van der Waals surface area (Å²) in [5, 5.41) is 0. The monoisotopic (exact) mass is 724 g/mol. The number of ether oxygens (including phenoxy) is 3. The summed E-state index contributed by atoms with van der Waals surface area (Å²) >= 11 is 0. The first kappa shape index (κ1) is 38.7. The molecule has 0 aliphatic rings.